The van der Waals surface area contributed by atoms with Crippen molar-refractivity contribution in [1.82, 2.24) is 4.90 Å². The lowest BCUT2D eigenvalue weighted by molar-refractivity contribution is -0.161. The number of Topliss-reactive ketones (excluding diaryl/α,β-unsaturated/α-hetero) is 1. The minimum Gasteiger partial charge on any atom is -0.493 e. The Balaban J connectivity index is 1.60. The average Bonchev–Trinajstić information content (AvgIpc) is 3.41. The number of rotatable bonds is 9. The zero-order valence-corrected chi connectivity index (χ0v) is 20.4. The Morgan fingerprint density at radius 3 is 2.18 bits per heavy atom. The third-order valence-corrected chi connectivity index (χ3v) is 6.52. The van der Waals surface area contributed by atoms with Crippen LogP contribution in [0.5, 0.6) is 17.2 Å². The van der Waals surface area contributed by atoms with Gasteiger partial charge in [0.2, 0.25) is 11.5 Å². The van der Waals surface area contributed by atoms with Crippen LogP contribution < -0.4 is 14.2 Å². The number of nitrogens with zero attached hydrogens (tertiary/aromatic N) is 1. The molecule has 8 nitrogen and oxygen atoms in total. The average molecular weight is 462 g/mol. The largest absolute Gasteiger partial charge is 0.493 e. The van der Waals surface area contributed by atoms with Crippen molar-refractivity contribution in [1.29, 1.82) is 0 Å². The first-order valence-electron chi connectivity index (χ1n) is 11.4. The summed E-state index contributed by atoms with van der Waals surface area (Å²) >= 11 is 0. The van der Waals surface area contributed by atoms with Crippen LogP contribution in [-0.4, -0.2) is 62.6 Å². The summed E-state index contributed by atoms with van der Waals surface area (Å²) in [6.07, 6.45) is 3.71. The van der Waals surface area contributed by atoms with E-state index in [1.54, 1.807) is 42.1 Å². The minimum absolute atomic E-state index is 0.0504. The summed E-state index contributed by atoms with van der Waals surface area (Å²) < 4.78 is 21.7. The van der Waals surface area contributed by atoms with Crippen molar-refractivity contribution < 1.29 is 33.3 Å². The molecule has 1 saturated heterocycles. The number of aryl methyl sites for hydroxylation is 1. The number of carbonyl (C=O) groups is 3. The number of carbonyl (C=O) groups excluding carboxylic acids is 3. The Bertz CT molecular complexity index is 880. The van der Waals surface area contributed by atoms with E-state index in [1.165, 1.54) is 4.90 Å². The smallest absolute Gasteiger partial charge is 0.329 e. The molecule has 1 aromatic rings. The Hall–Kier alpha value is -2.77. The first-order chi connectivity index (χ1) is 15.6. The van der Waals surface area contributed by atoms with Crippen LogP contribution in [0.3, 0.4) is 0 Å². The van der Waals surface area contributed by atoms with Crippen molar-refractivity contribution in [3.05, 3.63) is 17.7 Å². The van der Waals surface area contributed by atoms with Gasteiger partial charge in [0, 0.05) is 11.5 Å². The summed E-state index contributed by atoms with van der Waals surface area (Å²) in [6.45, 7) is 5.38. The summed E-state index contributed by atoms with van der Waals surface area (Å²) in [5, 5.41) is 0. The van der Waals surface area contributed by atoms with Crippen molar-refractivity contribution in [3.63, 3.8) is 0 Å². The highest BCUT2D eigenvalue weighted by molar-refractivity contribution is 6.38. The summed E-state index contributed by atoms with van der Waals surface area (Å²) in [5.41, 5.74) is 0.182. The van der Waals surface area contributed by atoms with Crippen LogP contribution in [0, 0.1) is 11.3 Å². The topological polar surface area (TPSA) is 91.4 Å². The summed E-state index contributed by atoms with van der Waals surface area (Å²) in [4.78, 5) is 39.9. The van der Waals surface area contributed by atoms with Crippen LogP contribution >= 0.6 is 0 Å². The lowest BCUT2D eigenvalue weighted by Crippen LogP contribution is -2.53. The van der Waals surface area contributed by atoms with Crippen LogP contribution in [0.15, 0.2) is 12.1 Å². The second-order valence-electron chi connectivity index (χ2n) is 9.77. The van der Waals surface area contributed by atoms with Gasteiger partial charge in [0.25, 0.3) is 5.91 Å². The number of methoxy groups -OCH3 is 3. The fourth-order valence-corrected chi connectivity index (χ4v) is 4.84. The number of amides is 1. The van der Waals surface area contributed by atoms with Gasteiger partial charge in [-0.05, 0) is 55.7 Å². The molecule has 1 aliphatic heterocycles. The third-order valence-electron chi connectivity index (χ3n) is 6.52. The number of hydrogen-bond donors (Lipinski definition) is 0. The normalized spacial score (nSPS) is 21.6. The van der Waals surface area contributed by atoms with Gasteiger partial charge >= 0.3 is 5.97 Å². The SMILES string of the molecule is COc1cc(CCCOC(=O)C2C3CCC(C3)N2C(=O)C(=O)C(C)(C)C)cc(OC)c1OC. The molecule has 1 aliphatic carbocycles. The molecule has 3 rings (SSSR count). The van der Waals surface area contributed by atoms with Crippen LogP contribution in [0.1, 0.15) is 52.0 Å². The first-order valence-corrected chi connectivity index (χ1v) is 11.4. The summed E-state index contributed by atoms with van der Waals surface area (Å²) in [6, 6.07) is 3.03. The lowest BCUT2D eigenvalue weighted by atomic mass is 9.89. The predicted molar refractivity (Wildman–Crippen MR) is 122 cm³/mol. The molecule has 8 heteroatoms. The van der Waals surface area contributed by atoms with Crippen molar-refractivity contribution in [2.24, 2.45) is 11.3 Å². The zero-order valence-electron chi connectivity index (χ0n) is 20.4. The Kier molecular flexibility index (Phi) is 7.55. The highest BCUT2D eigenvalue weighted by Crippen LogP contribution is 2.43. The molecule has 2 aliphatic rings. The van der Waals surface area contributed by atoms with Gasteiger partial charge in [-0.3, -0.25) is 9.59 Å². The molecule has 1 saturated carbocycles. The van der Waals surface area contributed by atoms with Gasteiger partial charge in [-0.15, -0.1) is 0 Å². The number of benzene rings is 1. The third kappa shape index (κ3) is 5.09. The Morgan fingerprint density at radius 1 is 1.00 bits per heavy atom. The molecule has 0 N–H and O–H groups in total. The fraction of sp³-hybridized carbons (Fsp3) is 0.640. The van der Waals surface area contributed by atoms with E-state index in [9.17, 15) is 14.4 Å². The van der Waals surface area contributed by atoms with Crippen molar-refractivity contribution in [2.45, 2.75) is 65.0 Å². The van der Waals surface area contributed by atoms with Crippen molar-refractivity contribution >= 4 is 17.7 Å². The molecular formula is C25H35NO7. The number of hydrogen-bond acceptors (Lipinski definition) is 7. The van der Waals surface area contributed by atoms with E-state index in [-0.39, 0.29) is 18.6 Å². The molecule has 182 valence electrons. The van der Waals surface area contributed by atoms with E-state index in [0.29, 0.717) is 30.1 Å². The monoisotopic (exact) mass is 461 g/mol. The van der Waals surface area contributed by atoms with Crippen LogP contribution in [-0.2, 0) is 25.5 Å². The molecule has 0 radical (unpaired) electrons. The predicted octanol–water partition coefficient (Wildman–Crippen LogP) is 3.18. The van der Waals surface area contributed by atoms with Crippen LogP contribution in [0.25, 0.3) is 0 Å². The number of esters is 1. The molecule has 3 unspecified atom stereocenters. The maximum Gasteiger partial charge on any atom is 0.329 e. The number of fused-ring (bicyclic) bond motifs is 2. The van der Waals surface area contributed by atoms with Crippen LogP contribution in [0.4, 0.5) is 0 Å². The maximum atomic E-state index is 12.9. The maximum absolute atomic E-state index is 12.9. The van der Waals surface area contributed by atoms with Crippen LogP contribution in [0.2, 0.25) is 0 Å². The summed E-state index contributed by atoms with van der Waals surface area (Å²) in [7, 11) is 4.68. The molecule has 3 atom stereocenters. The minimum atomic E-state index is -0.784. The quantitative estimate of drug-likeness (QED) is 0.317. The van der Waals surface area contributed by atoms with E-state index in [2.05, 4.69) is 0 Å². The number of ketones is 1. The molecule has 33 heavy (non-hydrogen) atoms. The highest BCUT2D eigenvalue weighted by Gasteiger charge is 2.53. The molecule has 2 fully saturated rings. The van der Waals surface area contributed by atoms with Gasteiger partial charge in [-0.2, -0.15) is 0 Å². The molecule has 1 amide bonds. The molecule has 1 aromatic carbocycles. The van der Waals surface area contributed by atoms with Gasteiger partial charge in [-0.1, -0.05) is 20.8 Å². The van der Waals surface area contributed by atoms with Gasteiger partial charge < -0.3 is 23.8 Å². The first kappa shape index (κ1) is 24.9. The second-order valence-corrected chi connectivity index (χ2v) is 9.77. The Labute approximate surface area is 195 Å². The zero-order chi connectivity index (χ0) is 24.3. The number of piperidine rings is 1. The standard InChI is InChI=1S/C25H35NO7/c1-25(2,3)22(27)23(28)26-17-10-9-16(14-17)20(26)24(29)33-11-7-8-15-12-18(30-4)21(32-6)19(13-15)31-5/h12-13,16-17,20H,7-11,14H2,1-6H3. The van der Waals surface area contributed by atoms with Crippen molar-refractivity contribution in [2.75, 3.05) is 27.9 Å². The Morgan fingerprint density at radius 2 is 1.64 bits per heavy atom. The molecule has 2 bridgehead atoms. The molecular weight excluding hydrogens is 426 g/mol. The lowest BCUT2D eigenvalue weighted by Gasteiger charge is -2.34. The van der Waals surface area contributed by atoms with Gasteiger partial charge in [-0.25, -0.2) is 4.79 Å². The van der Waals surface area contributed by atoms with E-state index in [1.807, 2.05) is 12.1 Å². The van der Waals surface area contributed by atoms with E-state index in [0.717, 1.165) is 24.8 Å². The van der Waals surface area contributed by atoms with E-state index < -0.39 is 29.1 Å². The van der Waals surface area contributed by atoms with Gasteiger partial charge in [0.15, 0.2) is 11.5 Å². The van der Waals surface area contributed by atoms with Crippen molar-refractivity contribution in [3.8, 4) is 17.2 Å². The molecule has 0 aromatic heterocycles. The van der Waals surface area contributed by atoms with Gasteiger partial charge in [0.05, 0.1) is 27.9 Å². The molecule has 0 spiro atoms. The van der Waals surface area contributed by atoms with E-state index in [4.69, 9.17) is 18.9 Å². The van der Waals surface area contributed by atoms with E-state index >= 15 is 0 Å². The number of ether oxygens (including phenoxy) is 4. The number of likely N-dealkylation sites (tertiary alicyclic amines) is 1. The fourth-order valence-electron chi connectivity index (χ4n) is 4.84. The van der Waals surface area contributed by atoms with Gasteiger partial charge in [0.1, 0.15) is 6.04 Å². The second kappa shape index (κ2) is 10.0. The highest BCUT2D eigenvalue weighted by atomic mass is 16.5. The summed E-state index contributed by atoms with van der Waals surface area (Å²) in [5.74, 6) is 0.300. The molecule has 1 heterocycles.